The number of nitrogens with one attached hydrogen (secondary N) is 1. The van der Waals surface area contributed by atoms with Crippen LogP contribution in [0.5, 0.6) is 0 Å². The fourth-order valence-electron chi connectivity index (χ4n) is 1.88. The van der Waals surface area contributed by atoms with Crippen LogP contribution in [-0.2, 0) is 0 Å². The number of nitrogen functional groups attached to an aromatic ring is 1. The Labute approximate surface area is 96.5 Å². The van der Waals surface area contributed by atoms with Crippen molar-refractivity contribution in [3.8, 4) is 5.82 Å². The van der Waals surface area contributed by atoms with E-state index in [1.165, 1.54) is 0 Å². The average molecular weight is 226 g/mol. The summed E-state index contributed by atoms with van der Waals surface area (Å²) in [6.07, 6.45) is 1.67. The van der Waals surface area contributed by atoms with Crippen molar-refractivity contribution in [2.24, 2.45) is 0 Å². The molecule has 5 heteroatoms. The molecule has 0 spiro atoms. The molecule has 84 valence electrons. The third-order valence-electron chi connectivity index (χ3n) is 2.63. The summed E-state index contributed by atoms with van der Waals surface area (Å²) >= 11 is 0. The van der Waals surface area contributed by atoms with E-state index in [1.807, 2.05) is 30.3 Å². The van der Waals surface area contributed by atoms with Gasteiger partial charge in [-0.05, 0) is 24.3 Å². The Morgan fingerprint density at radius 2 is 2.06 bits per heavy atom. The fourth-order valence-corrected chi connectivity index (χ4v) is 1.88. The smallest absolute Gasteiger partial charge is 0.274 e. The zero-order valence-corrected chi connectivity index (χ0v) is 8.92. The highest BCUT2D eigenvalue weighted by molar-refractivity contribution is 5.90. The van der Waals surface area contributed by atoms with Crippen molar-refractivity contribution in [3.05, 3.63) is 52.9 Å². The van der Waals surface area contributed by atoms with E-state index in [4.69, 9.17) is 5.73 Å². The van der Waals surface area contributed by atoms with Gasteiger partial charge in [0.05, 0.1) is 10.9 Å². The second-order valence-electron chi connectivity index (χ2n) is 3.71. The number of H-pyrrole nitrogens is 1. The molecule has 2 aromatic heterocycles. The molecule has 0 aliphatic rings. The number of rotatable bonds is 1. The van der Waals surface area contributed by atoms with Gasteiger partial charge in [0.25, 0.3) is 5.56 Å². The van der Waals surface area contributed by atoms with E-state index < -0.39 is 0 Å². The molecule has 0 aliphatic carbocycles. The molecule has 0 radical (unpaired) electrons. The normalized spacial score (nSPS) is 10.8. The zero-order valence-electron chi connectivity index (χ0n) is 8.92. The molecule has 1 aromatic carbocycles. The van der Waals surface area contributed by atoms with Crippen molar-refractivity contribution < 1.29 is 0 Å². The van der Waals surface area contributed by atoms with Crippen molar-refractivity contribution in [2.75, 3.05) is 5.73 Å². The number of hydrogen-bond donors (Lipinski definition) is 2. The lowest BCUT2D eigenvalue weighted by Crippen LogP contribution is -2.05. The van der Waals surface area contributed by atoms with Crippen LogP contribution in [0.25, 0.3) is 16.7 Å². The van der Waals surface area contributed by atoms with Gasteiger partial charge < -0.3 is 5.73 Å². The molecule has 3 aromatic rings. The van der Waals surface area contributed by atoms with Crippen molar-refractivity contribution in [1.29, 1.82) is 0 Å². The van der Waals surface area contributed by atoms with Gasteiger partial charge in [0.15, 0.2) is 5.82 Å². The molecule has 5 nitrogen and oxygen atoms in total. The van der Waals surface area contributed by atoms with Gasteiger partial charge in [-0.25, -0.2) is 9.67 Å². The minimum Gasteiger partial charge on any atom is -0.398 e. The van der Waals surface area contributed by atoms with Crippen LogP contribution < -0.4 is 11.3 Å². The van der Waals surface area contributed by atoms with Gasteiger partial charge >= 0.3 is 0 Å². The summed E-state index contributed by atoms with van der Waals surface area (Å²) in [5, 5.41) is 3.23. The maximum atomic E-state index is 11.8. The monoisotopic (exact) mass is 226 g/mol. The van der Waals surface area contributed by atoms with Crippen LogP contribution in [0.2, 0.25) is 0 Å². The van der Waals surface area contributed by atoms with Crippen LogP contribution in [0.1, 0.15) is 0 Å². The van der Waals surface area contributed by atoms with Crippen molar-refractivity contribution in [3.63, 3.8) is 0 Å². The number of fused-ring (bicyclic) bond motifs is 1. The Kier molecular flexibility index (Phi) is 1.98. The maximum absolute atomic E-state index is 11.8. The summed E-state index contributed by atoms with van der Waals surface area (Å²) < 4.78 is 1.63. The van der Waals surface area contributed by atoms with Gasteiger partial charge in [-0.1, -0.05) is 12.1 Å². The van der Waals surface area contributed by atoms with Crippen LogP contribution in [0.3, 0.4) is 0 Å². The molecule has 0 aliphatic heterocycles. The lowest BCUT2D eigenvalue weighted by atomic mass is 10.2. The Bertz CT molecular complexity index is 727. The van der Waals surface area contributed by atoms with Gasteiger partial charge in [0.2, 0.25) is 0 Å². The Balaban J connectivity index is 2.40. The SMILES string of the molecule is Nc1cccc2c1c(=O)[nH]n2-c1ccccn1. The number of aromatic amines is 1. The Morgan fingerprint density at radius 1 is 1.18 bits per heavy atom. The molecule has 0 saturated heterocycles. The summed E-state index contributed by atoms with van der Waals surface area (Å²) in [5.74, 6) is 0.658. The van der Waals surface area contributed by atoms with E-state index in [9.17, 15) is 4.79 Å². The first-order valence-electron chi connectivity index (χ1n) is 5.18. The first-order valence-corrected chi connectivity index (χ1v) is 5.18. The van der Waals surface area contributed by atoms with E-state index in [2.05, 4.69) is 10.1 Å². The summed E-state index contributed by atoms with van der Waals surface area (Å²) in [7, 11) is 0. The standard InChI is InChI=1S/C12H10N4O/c13-8-4-3-5-9-11(8)12(17)15-16(9)10-6-1-2-7-14-10/h1-7H,13H2,(H,15,17). The zero-order chi connectivity index (χ0) is 11.8. The third kappa shape index (κ3) is 1.40. The number of pyridine rings is 1. The minimum atomic E-state index is -0.205. The molecule has 0 fully saturated rings. The highest BCUT2D eigenvalue weighted by atomic mass is 16.1. The molecular weight excluding hydrogens is 216 g/mol. The summed E-state index contributed by atoms with van der Waals surface area (Å²) in [5.41, 5.74) is 6.79. The maximum Gasteiger partial charge on any atom is 0.274 e. The number of anilines is 1. The van der Waals surface area contributed by atoms with Crippen LogP contribution in [0.4, 0.5) is 5.69 Å². The van der Waals surface area contributed by atoms with Crippen molar-refractivity contribution in [1.82, 2.24) is 14.8 Å². The second-order valence-corrected chi connectivity index (χ2v) is 3.71. The molecular formula is C12H10N4O. The largest absolute Gasteiger partial charge is 0.398 e. The van der Waals surface area contributed by atoms with Gasteiger partial charge in [-0.2, -0.15) is 0 Å². The number of benzene rings is 1. The number of nitrogens with zero attached hydrogens (tertiary/aromatic N) is 2. The quantitative estimate of drug-likeness (QED) is 0.614. The van der Waals surface area contributed by atoms with Crippen LogP contribution in [-0.4, -0.2) is 14.8 Å². The predicted molar refractivity (Wildman–Crippen MR) is 66.1 cm³/mol. The highest BCUT2D eigenvalue weighted by Gasteiger charge is 2.10. The molecule has 17 heavy (non-hydrogen) atoms. The molecule has 0 unspecified atom stereocenters. The topological polar surface area (TPSA) is 76.7 Å². The lowest BCUT2D eigenvalue weighted by molar-refractivity contribution is 0.858. The fraction of sp³-hybridized carbons (Fsp3) is 0. The van der Waals surface area contributed by atoms with Gasteiger partial charge in [0.1, 0.15) is 0 Å². The van der Waals surface area contributed by atoms with Crippen LogP contribution in [0, 0.1) is 0 Å². The first-order chi connectivity index (χ1) is 8.27. The van der Waals surface area contributed by atoms with Crippen molar-refractivity contribution in [2.45, 2.75) is 0 Å². The number of hydrogen-bond acceptors (Lipinski definition) is 3. The van der Waals surface area contributed by atoms with Gasteiger partial charge in [-0.15, -0.1) is 0 Å². The minimum absolute atomic E-state index is 0.205. The summed E-state index contributed by atoms with van der Waals surface area (Å²) in [4.78, 5) is 16.0. The summed E-state index contributed by atoms with van der Waals surface area (Å²) in [6, 6.07) is 10.8. The van der Waals surface area contributed by atoms with Gasteiger partial charge in [-0.3, -0.25) is 9.89 Å². The van der Waals surface area contributed by atoms with E-state index >= 15 is 0 Å². The Morgan fingerprint density at radius 3 is 2.82 bits per heavy atom. The average Bonchev–Trinajstić information content (AvgIpc) is 2.69. The highest BCUT2D eigenvalue weighted by Crippen LogP contribution is 2.18. The van der Waals surface area contributed by atoms with Crippen molar-refractivity contribution >= 4 is 16.6 Å². The lowest BCUT2D eigenvalue weighted by Gasteiger charge is -2.02. The molecule has 0 saturated carbocycles. The molecule has 2 heterocycles. The summed E-state index contributed by atoms with van der Waals surface area (Å²) in [6.45, 7) is 0. The molecule has 3 rings (SSSR count). The van der Waals surface area contributed by atoms with Gasteiger partial charge in [0, 0.05) is 11.9 Å². The van der Waals surface area contributed by atoms with E-state index in [-0.39, 0.29) is 5.56 Å². The Hall–Kier alpha value is -2.56. The predicted octanol–water partition coefficient (Wildman–Crippen LogP) is 1.30. The van der Waals surface area contributed by atoms with Crippen LogP contribution >= 0.6 is 0 Å². The second kappa shape index (κ2) is 3.48. The number of aromatic nitrogens is 3. The molecule has 0 amide bonds. The van der Waals surface area contributed by atoms with E-state index in [1.54, 1.807) is 16.9 Å². The molecule has 0 bridgehead atoms. The first kappa shape index (κ1) is 9.65. The number of nitrogens with two attached hydrogens (primary N) is 1. The van der Waals surface area contributed by atoms with Crippen LogP contribution in [0.15, 0.2) is 47.4 Å². The van der Waals surface area contributed by atoms with E-state index in [0.29, 0.717) is 16.9 Å². The van der Waals surface area contributed by atoms with E-state index in [0.717, 1.165) is 5.52 Å². The molecule has 0 atom stereocenters. The third-order valence-corrected chi connectivity index (χ3v) is 2.63. The molecule has 3 N–H and O–H groups in total.